The zero-order valence-corrected chi connectivity index (χ0v) is 13.1. The molecule has 1 fully saturated rings. The number of carbonyl (C=O) groups excluding carboxylic acids is 2. The number of amides is 2. The maximum Gasteiger partial charge on any atom is 0.408 e. The minimum absolute atomic E-state index is 0.0591. The fraction of sp³-hybridized carbons (Fsp3) is 0.529. The van der Waals surface area contributed by atoms with E-state index in [1.807, 2.05) is 42.2 Å². The van der Waals surface area contributed by atoms with Gasteiger partial charge in [-0.1, -0.05) is 43.7 Å². The van der Waals surface area contributed by atoms with Crippen molar-refractivity contribution in [3.63, 3.8) is 0 Å². The van der Waals surface area contributed by atoms with Crippen LogP contribution in [0.2, 0.25) is 0 Å². The highest BCUT2D eigenvalue weighted by Gasteiger charge is 2.29. The molecule has 1 aliphatic rings. The van der Waals surface area contributed by atoms with Crippen LogP contribution in [-0.4, -0.2) is 36.6 Å². The molecule has 5 heteroatoms. The summed E-state index contributed by atoms with van der Waals surface area (Å²) >= 11 is 0. The smallest absolute Gasteiger partial charge is 0.408 e. The Morgan fingerprint density at radius 2 is 1.91 bits per heavy atom. The predicted octanol–water partition coefficient (Wildman–Crippen LogP) is 2.88. The molecule has 0 spiro atoms. The second kappa shape index (κ2) is 8.41. The van der Waals surface area contributed by atoms with Crippen molar-refractivity contribution in [3.05, 3.63) is 35.9 Å². The summed E-state index contributed by atoms with van der Waals surface area (Å²) in [4.78, 5) is 26.4. The van der Waals surface area contributed by atoms with Gasteiger partial charge < -0.3 is 15.0 Å². The monoisotopic (exact) mass is 304 g/mol. The molecule has 1 aromatic rings. The van der Waals surface area contributed by atoms with Crippen LogP contribution in [-0.2, 0) is 9.53 Å². The zero-order valence-electron chi connectivity index (χ0n) is 13.1. The molecule has 2 amide bonds. The van der Waals surface area contributed by atoms with E-state index in [1.54, 1.807) is 0 Å². The number of likely N-dealkylation sites (tertiary alicyclic amines) is 1. The minimum atomic E-state index is -0.673. The van der Waals surface area contributed by atoms with Crippen LogP contribution in [0.5, 0.6) is 0 Å². The molecule has 1 atom stereocenters. The number of nitrogens with one attached hydrogen (secondary N) is 1. The van der Waals surface area contributed by atoms with Gasteiger partial charge in [0.2, 0.25) is 5.91 Å². The lowest BCUT2D eigenvalue weighted by Gasteiger charge is -2.24. The second-order valence-electron chi connectivity index (χ2n) is 5.51. The van der Waals surface area contributed by atoms with Gasteiger partial charge in [0.1, 0.15) is 6.04 Å². The molecule has 22 heavy (non-hydrogen) atoms. The molecule has 0 aliphatic carbocycles. The van der Waals surface area contributed by atoms with Gasteiger partial charge in [-0.3, -0.25) is 4.79 Å². The molecule has 2 rings (SSSR count). The summed E-state index contributed by atoms with van der Waals surface area (Å²) in [5.41, 5.74) is 0.784. The number of hydrogen-bond acceptors (Lipinski definition) is 3. The van der Waals surface area contributed by atoms with Gasteiger partial charge in [-0.15, -0.1) is 0 Å². The number of nitrogens with zero attached hydrogens (tertiary/aromatic N) is 1. The van der Waals surface area contributed by atoms with Crippen LogP contribution in [0.25, 0.3) is 0 Å². The van der Waals surface area contributed by atoms with Gasteiger partial charge in [0.15, 0.2) is 0 Å². The third-order valence-corrected chi connectivity index (χ3v) is 3.79. The van der Waals surface area contributed by atoms with Gasteiger partial charge in [-0.2, -0.15) is 0 Å². The first-order valence-electron chi connectivity index (χ1n) is 7.99. The summed E-state index contributed by atoms with van der Waals surface area (Å²) in [7, 11) is 0. The highest BCUT2D eigenvalue weighted by atomic mass is 16.5. The summed E-state index contributed by atoms with van der Waals surface area (Å²) in [5.74, 6) is -0.0591. The van der Waals surface area contributed by atoms with Crippen LogP contribution < -0.4 is 5.32 Å². The highest BCUT2D eigenvalue weighted by molar-refractivity contribution is 5.87. The Bertz CT molecular complexity index is 484. The molecule has 120 valence electrons. The van der Waals surface area contributed by atoms with Crippen LogP contribution in [0.15, 0.2) is 30.3 Å². The first-order valence-corrected chi connectivity index (χ1v) is 7.99. The van der Waals surface area contributed by atoms with E-state index >= 15 is 0 Å². The molecular formula is C17H24N2O3. The lowest BCUT2D eigenvalue weighted by Crippen LogP contribution is -2.42. The van der Waals surface area contributed by atoms with Crippen molar-refractivity contribution in [3.8, 4) is 0 Å². The fourth-order valence-electron chi connectivity index (χ4n) is 2.52. The molecule has 0 aromatic heterocycles. The number of alkyl carbamates (subject to hydrolysis) is 1. The van der Waals surface area contributed by atoms with E-state index in [0.717, 1.165) is 44.3 Å². The van der Waals surface area contributed by atoms with Crippen molar-refractivity contribution >= 4 is 12.0 Å². The van der Waals surface area contributed by atoms with Gasteiger partial charge in [-0.05, 0) is 24.8 Å². The number of unbranched alkanes of at least 4 members (excludes halogenated alkanes) is 1. The van der Waals surface area contributed by atoms with Gasteiger partial charge in [0.25, 0.3) is 0 Å². The third-order valence-electron chi connectivity index (χ3n) is 3.79. The van der Waals surface area contributed by atoms with E-state index in [2.05, 4.69) is 5.32 Å². The summed E-state index contributed by atoms with van der Waals surface area (Å²) in [6.45, 7) is 3.93. The summed E-state index contributed by atoms with van der Waals surface area (Å²) in [5, 5.41) is 2.72. The van der Waals surface area contributed by atoms with Crippen LogP contribution in [0.4, 0.5) is 4.79 Å². The van der Waals surface area contributed by atoms with Crippen molar-refractivity contribution in [2.24, 2.45) is 0 Å². The Labute approximate surface area is 131 Å². The van der Waals surface area contributed by atoms with E-state index in [1.165, 1.54) is 0 Å². The summed E-state index contributed by atoms with van der Waals surface area (Å²) in [6, 6.07) is 8.65. The largest absolute Gasteiger partial charge is 0.450 e. The van der Waals surface area contributed by atoms with Crippen molar-refractivity contribution in [2.45, 2.75) is 38.6 Å². The number of ether oxygens (including phenoxy) is 1. The van der Waals surface area contributed by atoms with Gasteiger partial charge >= 0.3 is 6.09 Å². The SMILES string of the molecule is CCCCOC(=O)NC(C(=O)N1CCCC1)c1ccccc1. The van der Waals surface area contributed by atoms with Gasteiger partial charge in [0.05, 0.1) is 6.61 Å². The maximum atomic E-state index is 12.7. The third kappa shape index (κ3) is 4.48. The van der Waals surface area contributed by atoms with Crippen molar-refractivity contribution in [1.29, 1.82) is 0 Å². The molecule has 0 bridgehead atoms. The molecule has 1 aromatic carbocycles. The molecule has 1 heterocycles. The quantitative estimate of drug-likeness (QED) is 0.822. The number of hydrogen-bond donors (Lipinski definition) is 1. The maximum absolute atomic E-state index is 12.7. The normalized spacial score (nSPS) is 15.4. The van der Waals surface area contributed by atoms with Crippen molar-refractivity contribution < 1.29 is 14.3 Å². The number of benzene rings is 1. The Morgan fingerprint density at radius 1 is 1.23 bits per heavy atom. The Balaban J connectivity index is 2.04. The van der Waals surface area contributed by atoms with Crippen LogP contribution in [0.3, 0.4) is 0 Å². The lowest BCUT2D eigenvalue weighted by atomic mass is 10.1. The highest BCUT2D eigenvalue weighted by Crippen LogP contribution is 2.19. The first-order chi connectivity index (χ1) is 10.7. The van der Waals surface area contributed by atoms with E-state index in [0.29, 0.717) is 6.61 Å². The molecule has 1 unspecified atom stereocenters. The average molecular weight is 304 g/mol. The van der Waals surface area contributed by atoms with Gasteiger partial charge in [-0.25, -0.2) is 4.79 Å². The van der Waals surface area contributed by atoms with E-state index < -0.39 is 12.1 Å². The van der Waals surface area contributed by atoms with E-state index in [9.17, 15) is 9.59 Å². The second-order valence-corrected chi connectivity index (χ2v) is 5.51. The topological polar surface area (TPSA) is 58.6 Å². The Morgan fingerprint density at radius 3 is 2.55 bits per heavy atom. The van der Waals surface area contributed by atoms with E-state index in [-0.39, 0.29) is 5.91 Å². The lowest BCUT2D eigenvalue weighted by molar-refractivity contribution is -0.132. The molecule has 1 aliphatic heterocycles. The van der Waals surface area contributed by atoms with Crippen LogP contribution in [0, 0.1) is 0 Å². The van der Waals surface area contributed by atoms with Crippen LogP contribution >= 0.6 is 0 Å². The summed E-state index contributed by atoms with van der Waals surface area (Å²) in [6.07, 6.45) is 3.29. The Hall–Kier alpha value is -2.04. The average Bonchev–Trinajstić information content (AvgIpc) is 3.07. The van der Waals surface area contributed by atoms with Gasteiger partial charge in [0, 0.05) is 13.1 Å². The standard InChI is InChI=1S/C17H24N2O3/c1-2-3-13-22-17(21)18-15(14-9-5-4-6-10-14)16(20)19-11-7-8-12-19/h4-6,9-10,15H,2-3,7-8,11-13H2,1H3,(H,18,21). The Kier molecular flexibility index (Phi) is 6.25. The zero-order chi connectivity index (χ0) is 15.8. The molecule has 1 saturated heterocycles. The fourth-order valence-corrected chi connectivity index (χ4v) is 2.52. The van der Waals surface area contributed by atoms with Crippen LogP contribution in [0.1, 0.15) is 44.2 Å². The van der Waals surface area contributed by atoms with Crippen molar-refractivity contribution in [1.82, 2.24) is 10.2 Å². The first kappa shape index (κ1) is 16.3. The molecule has 5 nitrogen and oxygen atoms in total. The predicted molar refractivity (Wildman–Crippen MR) is 84.4 cm³/mol. The molecule has 0 radical (unpaired) electrons. The minimum Gasteiger partial charge on any atom is -0.450 e. The molecule has 1 N–H and O–H groups in total. The molecular weight excluding hydrogens is 280 g/mol. The van der Waals surface area contributed by atoms with Crippen molar-refractivity contribution in [2.75, 3.05) is 19.7 Å². The summed E-state index contributed by atoms with van der Waals surface area (Å²) < 4.78 is 5.13. The number of carbonyl (C=O) groups is 2. The molecule has 0 saturated carbocycles. The van der Waals surface area contributed by atoms with E-state index in [4.69, 9.17) is 4.74 Å². The number of rotatable bonds is 6.